The van der Waals surface area contributed by atoms with Gasteiger partial charge in [-0.1, -0.05) is 19.9 Å². The van der Waals surface area contributed by atoms with Crippen LogP contribution in [0.15, 0.2) is 42.5 Å². The molecule has 2 aromatic carbocycles. The first-order valence-corrected chi connectivity index (χ1v) is 28.3. The van der Waals surface area contributed by atoms with Gasteiger partial charge < -0.3 is 49.9 Å². The van der Waals surface area contributed by atoms with Crippen molar-refractivity contribution in [1.29, 1.82) is 0 Å². The molecular formula is C58H85ClN10O13. The highest BCUT2D eigenvalue weighted by Crippen LogP contribution is 2.58. The van der Waals surface area contributed by atoms with Crippen LogP contribution >= 0.6 is 12.4 Å². The largest absolute Gasteiger partial charge is 0.496 e. The summed E-state index contributed by atoms with van der Waals surface area (Å²) in [7, 11) is 8.60. The highest BCUT2D eigenvalue weighted by Gasteiger charge is 2.62. The van der Waals surface area contributed by atoms with E-state index in [1.807, 2.05) is 37.9 Å². The Labute approximate surface area is 486 Å². The summed E-state index contributed by atoms with van der Waals surface area (Å²) in [5.74, 6) is -3.41. The molecule has 24 heteroatoms. The second kappa shape index (κ2) is 29.2. The number of hydrogen-bond acceptors (Lipinski definition) is 15. The second-order valence-corrected chi connectivity index (χ2v) is 23.1. The highest BCUT2D eigenvalue weighted by molar-refractivity contribution is 5.98. The van der Waals surface area contributed by atoms with Gasteiger partial charge in [-0.15, -0.1) is 12.4 Å². The van der Waals surface area contributed by atoms with Gasteiger partial charge in [0.1, 0.15) is 17.0 Å². The average Bonchev–Trinajstić information content (AvgIpc) is 3.14. The van der Waals surface area contributed by atoms with Crippen LogP contribution in [0.3, 0.4) is 0 Å². The third-order valence-electron chi connectivity index (χ3n) is 17.1. The third-order valence-corrected chi connectivity index (χ3v) is 17.1. The lowest BCUT2D eigenvalue weighted by Gasteiger charge is -2.59. The Morgan fingerprint density at radius 1 is 0.646 bits per heavy atom. The van der Waals surface area contributed by atoms with E-state index in [2.05, 4.69) is 10.2 Å². The predicted molar refractivity (Wildman–Crippen MR) is 308 cm³/mol. The molecule has 8 rings (SSSR count). The van der Waals surface area contributed by atoms with Crippen LogP contribution in [0, 0.1) is 23.7 Å². The lowest BCUT2D eigenvalue weighted by Crippen LogP contribution is -2.70. The number of methoxy groups -OCH3 is 2. The van der Waals surface area contributed by atoms with Crippen molar-refractivity contribution < 1.29 is 63.5 Å². The van der Waals surface area contributed by atoms with Crippen molar-refractivity contribution in [2.24, 2.45) is 23.7 Å². The van der Waals surface area contributed by atoms with E-state index >= 15 is 0 Å². The van der Waals surface area contributed by atoms with Gasteiger partial charge in [-0.25, -0.2) is 9.48 Å². The minimum Gasteiger partial charge on any atom is -0.496 e. The molecular weight excluding hydrogens is 1080 g/mol. The molecule has 1 saturated heterocycles. The fourth-order valence-corrected chi connectivity index (χ4v) is 12.9. The number of carbonyl (C=O) groups excluding carboxylic acids is 3. The van der Waals surface area contributed by atoms with Crippen molar-refractivity contribution in [3.63, 3.8) is 0 Å². The number of aromatic nitrogens is 2. The van der Waals surface area contributed by atoms with E-state index in [4.69, 9.17) is 14.6 Å². The third kappa shape index (κ3) is 16.0. The van der Waals surface area contributed by atoms with Gasteiger partial charge >= 0.3 is 23.9 Å². The molecule has 4 saturated carbocycles. The average molecular weight is 1170 g/mol. The molecule has 4 bridgehead atoms. The number of halogens is 1. The van der Waals surface area contributed by atoms with Gasteiger partial charge in [0.2, 0.25) is 5.91 Å². The van der Waals surface area contributed by atoms with Crippen LogP contribution < -0.4 is 14.8 Å². The van der Waals surface area contributed by atoms with Crippen molar-refractivity contribution >= 4 is 54.0 Å². The van der Waals surface area contributed by atoms with Crippen LogP contribution in [-0.4, -0.2) is 252 Å². The summed E-state index contributed by atoms with van der Waals surface area (Å²) < 4.78 is 13.3. The Bertz CT molecular complexity index is 2660. The summed E-state index contributed by atoms with van der Waals surface area (Å²) >= 11 is 0. The summed E-state index contributed by atoms with van der Waals surface area (Å²) in [6.45, 7) is 8.17. The molecule has 4 aliphatic carbocycles. The number of rotatable bonds is 25. The van der Waals surface area contributed by atoms with Crippen molar-refractivity contribution in [1.82, 2.24) is 49.4 Å². The van der Waals surface area contributed by atoms with Crippen LogP contribution in [-0.2, 0) is 24.0 Å². The van der Waals surface area contributed by atoms with Crippen molar-refractivity contribution in [2.45, 2.75) is 70.3 Å². The molecule has 5 N–H and O–H groups in total. The first-order chi connectivity index (χ1) is 38.6. The van der Waals surface area contributed by atoms with Gasteiger partial charge in [0.25, 0.3) is 11.8 Å². The fourth-order valence-electron chi connectivity index (χ4n) is 12.9. The number of carboxylic acids is 4. The fraction of sp³-hybridized carbons (Fsp3) is 0.621. The monoisotopic (exact) mass is 1160 g/mol. The van der Waals surface area contributed by atoms with Crippen LogP contribution in [0.2, 0.25) is 0 Å². The Hall–Kier alpha value is -6.37. The zero-order valence-electron chi connectivity index (χ0n) is 48.6. The van der Waals surface area contributed by atoms with Gasteiger partial charge in [-0.3, -0.25) is 48.4 Å². The molecule has 3 aromatic rings. The van der Waals surface area contributed by atoms with E-state index in [1.165, 1.54) is 0 Å². The maximum absolute atomic E-state index is 14.5. The molecule has 5 aliphatic rings. The number of ether oxygens (including phenoxy) is 2. The summed E-state index contributed by atoms with van der Waals surface area (Å²) in [6.07, 6.45) is 5.62. The molecule has 3 amide bonds. The standard InChI is InChI=1S/C58H84N10O13.ClH/c1-38(2)44-32-41(13-14-46(44)68-47(54-48(80-6)11-8-12-49(54)81-7)33-45(60-68)55(76)59-58(57(78)79)42-28-39-27-40(30-42)31-43(58)29-39)56(77)63(5)18-10-16-61(3)15-9-17-62(4)50(69)34-64-19-21-65(35-51(70)71)23-25-67(37-53(74)75)26-24-66(22-20-64)36-52(72)73;/h8,11-14,32-33,38-40,42-43H,9-10,15-31,34-37H2,1-7H3,(H,59,76)(H,70,71)(H,72,73)(H,74,75)(H,78,79);1H. The SMILES string of the molecule is COc1cccc(OC)c1-c1cc(C(=O)NC2(C(=O)O)C3CC4CC(C3)CC2C4)nn1-c1ccc(C(=O)N(C)CCCN(C)CCCN(C)C(=O)CN2CCN(CC(=O)O)CCN(CC(=O)O)CCN(CC(=O)O)CC2)cc1C(C)C.Cl. The number of nitrogens with one attached hydrogen (secondary N) is 1. The van der Waals surface area contributed by atoms with E-state index in [1.54, 1.807) is 87.8 Å². The van der Waals surface area contributed by atoms with Crippen molar-refractivity contribution in [2.75, 3.05) is 140 Å². The van der Waals surface area contributed by atoms with Crippen molar-refractivity contribution in [3.05, 3.63) is 59.3 Å². The van der Waals surface area contributed by atoms with E-state index in [0.717, 1.165) is 37.7 Å². The van der Waals surface area contributed by atoms with E-state index in [0.29, 0.717) is 124 Å². The normalized spacial score (nSPS) is 21.7. The van der Waals surface area contributed by atoms with E-state index in [9.17, 15) is 54.0 Å². The maximum atomic E-state index is 14.5. The predicted octanol–water partition coefficient (Wildman–Crippen LogP) is 3.83. The Morgan fingerprint density at radius 3 is 1.55 bits per heavy atom. The summed E-state index contributed by atoms with van der Waals surface area (Å²) in [6, 6.07) is 12.5. The van der Waals surface area contributed by atoms with E-state index < -0.39 is 35.3 Å². The minimum atomic E-state index is -1.38. The molecule has 0 atom stereocenters. The number of hydrogen-bond donors (Lipinski definition) is 5. The van der Waals surface area contributed by atoms with Crippen LogP contribution in [0.1, 0.15) is 91.1 Å². The van der Waals surface area contributed by atoms with Crippen LogP contribution in [0.4, 0.5) is 0 Å². The second-order valence-electron chi connectivity index (χ2n) is 23.1. The quantitative estimate of drug-likeness (QED) is 0.0807. The topological polar surface area (TPSA) is 271 Å². The summed E-state index contributed by atoms with van der Waals surface area (Å²) in [4.78, 5) is 103. The van der Waals surface area contributed by atoms with E-state index in [-0.39, 0.29) is 86.9 Å². The molecule has 5 fully saturated rings. The number of amides is 3. The van der Waals surface area contributed by atoms with Gasteiger partial charge in [0, 0.05) is 85.1 Å². The molecule has 452 valence electrons. The molecule has 0 unspecified atom stereocenters. The zero-order valence-corrected chi connectivity index (χ0v) is 49.4. The molecule has 82 heavy (non-hydrogen) atoms. The van der Waals surface area contributed by atoms with Gasteiger partial charge in [-0.05, 0) is 137 Å². The summed E-state index contributed by atoms with van der Waals surface area (Å²) in [5, 5.41) is 47.5. The molecule has 23 nitrogen and oxygen atoms in total. The number of nitrogens with zero attached hydrogens (tertiary/aromatic N) is 9. The molecule has 0 radical (unpaired) electrons. The lowest BCUT2D eigenvalue weighted by atomic mass is 9.48. The zero-order chi connectivity index (χ0) is 58.7. The Morgan fingerprint density at radius 2 is 1.11 bits per heavy atom. The van der Waals surface area contributed by atoms with Crippen molar-refractivity contribution in [3.8, 4) is 28.4 Å². The van der Waals surface area contributed by atoms with Crippen LogP contribution in [0.5, 0.6) is 11.5 Å². The molecule has 0 spiro atoms. The molecule has 2 heterocycles. The highest BCUT2D eigenvalue weighted by atomic mass is 35.5. The smallest absolute Gasteiger partial charge is 0.330 e. The number of carbonyl (C=O) groups is 7. The van der Waals surface area contributed by atoms with Gasteiger partial charge in [-0.2, -0.15) is 5.10 Å². The summed E-state index contributed by atoms with van der Waals surface area (Å²) in [5.41, 5.74) is 1.59. The van der Waals surface area contributed by atoms with Crippen LogP contribution in [0.25, 0.3) is 16.9 Å². The molecule has 1 aromatic heterocycles. The number of aliphatic carboxylic acids is 4. The minimum absolute atomic E-state index is 0. The molecule has 1 aliphatic heterocycles. The number of carboxylic acid groups (broad SMARTS) is 4. The van der Waals surface area contributed by atoms with Gasteiger partial charge in [0.15, 0.2) is 5.69 Å². The Balaban J connectivity index is 0.0000108. The van der Waals surface area contributed by atoms with Gasteiger partial charge in [0.05, 0.1) is 57.3 Å². The maximum Gasteiger partial charge on any atom is 0.330 e. The first-order valence-electron chi connectivity index (χ1n) is 28.3. The Kier molecular flexibility index (Phi) is 23.1. The first kappa shape index (κ1) is 64.8. The number of benzene rings is 2. The lowest BCUT2D eigenvalue weighted by molar-refractivity contribution is -0.163. The number of likely N-dealkylation sites (N-methyl/N-ethyl adjacent to an activating group) is 1.